The van der Waals surface area contributed by atoms with E-state index in [1.165, 1.54) is 25.8 Å². The van der Waals surface area contributed by atoms with Gasteiger partial charge in [-0.1, -0.05) is 6.92 Å². The molecule has 1 amide bonds. The molecule has 1 unspecified atom stereocenters. The Kier molecular flexibility index (Phi) is 5.44. The van der Waals surface area contributed by atoms with Crippen molar-refractivity contribution in [3.8, 4) is 0 Å². The zero-order chi connectivity index (χ0) is 12.9. The topological polar surface area (TPSA) is 66.8 Å². The Morgan fingerprint density at radius 1 is 1.44 bits per heavy atom. The predicted octanol–water partition coefficient (Wildman–Crippen LogP) is 1.12. The summed E-state index contributed by atoms with van der Waals surface area (Å²) in [5, 5.41) is 8.95. The fourth-order valence-corrected chi connectivity index (χ4v) is 0.883. The van der Waals surface area contributed by atoms with Gasteiger partial charge in [0.05, 0.1) is 6.10 Å². The van der Waals surface area contributed by atoms with Crippen LogP contribution in [0.1, 0.15) is 34.1 Å². The molecule has 5 heteroatoms. The molecule has 0 saturated heterocycles. The number of hydrogen-bond acceptors (Lipinski definition) is 3. The zero-order valence-electron chi connectivity index (χ0n) is 10.6. The summed E-state index contributed by atoms with van der Waals surface area (Å²) in [7, 11) is 1.47. The fraction of sp³-hybridized carbons (Fsp3) is 0.818. The average Bonchev–Trinajstić information content (AvgIpc) is 2.23. The lowest BCUT2D eigenvalue weighted by atomic mass is 10.0. The summed E-state index contributed by atoms with van der Waals surface area (Å²) in [6, 6.07) is 0. The second-order valence-electron chi connectivity index (χ2n) is 4.35. The van der Waals surface area contributed by atoms with Crippen molar-refractivity contribution in [1.29, 1.82) is 0 Å². The van der Waals surface area contributed by atoms with E-state index < -0.39 is 11.5 Å². The van der Waals surface area contributed by atoms with Crippen LogP contribution >= 0.6 is 0 Å². The van der Waals surface area contributed by atoms with Gasteiger partial charge in [-0.15, -0.1) is 0 Å². The molecule has 0 aliphatic rings. The minimum absolute atomic E-state index is 0.00490. The van der Waals surface area contributed by atoms with Crippen LogP contribution in [-0.2, 0) is 14.3 Å². The molecule has 0 bridgehead atoms. The average molecular weight is 231 g/mol. The molecule has 16 heavy (non-hydrogen) atoms. The highest BCUT2D eigenvalue weighted by atomic mass is 16.5. The highest BCUT2D eigenvalue weighted by Crippen LogP contribution is 2.12. The number of ether oxygens (including phenoxy) is 1. The molecule has 94 valence electrons. The third-order valence-corrected chi connectivity index (χ3v) is 2.80. The van der Waals surface area contributed by atoms with E-state index in [1.54, 1.807) is 0 Å². The van der Waals surface area contributed by atoms with Crippen LogP contribution in [0.4, 0.5) is 0 Å². The van der Waals surface area contributed by atoms with Crippen molar-refractivity contribution in [2.24, 2.45) is 0 Å². The summed E-state index contributed by atoms with van der Waals surface area (Å²) >= 11 is 0. The number of carbonyl (C=O) groups is 2. The van der Waals surface area contributed by atoms with Gasteiger partial charge < -0.3 is 14.7 Å². The molecule has 5 nitrogen and oxygen atoms in total. The number of carbonyl (C=O) groups excluding carboxylic acids is 1. The van der Waals surface area contributed by atoms with Crippen molar-refractivity contribution in [2.45, 2.75) is 45.8 Å². The molecule has 0 aromatic carbocycles. The molecule has 1 N–H and O–H groups in total. The van der Waals surface area contributed by atoms with Gasteiger partial charge in [0.2, 0.25) is 5.91 Å². The molecule has 0 spiro atoms. The summed E-state index contributed by atoms with van der Waals surface area (Å²) in [5.74, 6) is -1.36. The molecule has 0 saturated carbocycles. The Hall–Kier alpha value is -1.10. The van der Waals surface area contributed by atoms with Crippen LogP contribution in [0, 0.1) is 0 Å². The highest BCUT2D eigenvalue weighted by Gasteiger charge is 2.35. The van der Waals surface area contributed by atoms with Gasteiger partial charge in [-0.05, 0) is 27.2 Å². The number of aliphatic carboxylic acids is 1. The Morgan fingerprint density at radius 3 is 2.31 bits per heavy atom. The lowest BCUT2D eigenvalue weighted by Gasteiger charge is -2.31. The maximum Gasteiger partial charge on any atom is 0.329 e. The molecule has 0 aromatic rings. The first kappa shape index (κ1) is 14.9. The van der Waals surface area contributed by atoms with Crippen LogP contribution in [0.5, 0.6) is 0 Å². The third kappa shape index (κ3) is 3.81. The molecule has 0 aliphatic carbocycles. The molecular formula is C11H21NO4. The standard InChI is InChI=1S/C11H21NO4/c1-6-8(2)16-7-9(13)12(5)11(3,4)10(14)15/h8H,6-7H2,1-5H3,(H,14,15). The molecule has 0 rings (SSSR count). The van der Waals surface area contributed by atoms with E-state index in [2.05, 4.69) is 0 Å². The first-order valence-electron chi connectivity index (χ1n) is 5.35. The molecule has 0 fully saturated rings. The predicted molar refractivity (Wildman–Crippen MR) is 60.2 cm³/mol. The fourth-order valence-electron chi connectivity index (χ4n) is 0.883. The van der Waals surface area contributed by atoms with Gasteiger partial charge in [-0.25, -0.2) is 4.79 Å². The van der Waals surface area contributed by atoms with Gasteiger partial charge in [0.25, 0.3) is 0 Å². The number of likely N-dealkylation sites (N-methyl/N-ethyl adjacent to an activating group) is 1. The molecule has 1 atom stereocenters. The number of carboxylic acid groups (broad SMARTS) is 1. The Bertz CT molecular complexity index is 263. The van der Waals surface area contributed by atoms with Gasteiger partial charge in [-0.2, -0.15) is 0 Å². The van der Waals surface area contributed by atoms with Gasteiger partial charge in [0, 0.05) is 7.05 Å². The van der Waals surface area contributed by atoms with Crippen LogP contribution in [0.3, 0.4) is 0 Å². The van der Waals surface area contributed by atoms with E-state index >= 15 is 0 Å². The third-order valence-electron chi connectivity index (χ3n) is 2.80. The molecule has 0 radical (unpaired) electrons. The number of carboxylic acids is 1. The van der Waals surface area contributed by atoms with Gasteiger partial charge in [0.15, 0.2) is 0 Å². The summed E-state index contributed by atoms with van der Waals surface area (Å²) in [6.45, 7) is 6.71. The molecule has 0 aliphatic heterocycles. The van der Waals surface area contributed by atoms with Crippen molar-refractivity contribution in [2.75, 3.05) is 13.7 Å². The monoisotopic (exact) mass is 231 g/mol. The van der Waals surface area contributed by atoms with Crippen molar-refractivity contribution >= 4 is 11.9 Å². The zero-order valence-corrected chi connectivity index (χ0v) is 10.6. The SMILES string of the molecule is CCC(C)OCC(=O)N(C)C(C)(C)C(=O)O. The van der Waals surface area contributed by atoms with E-state index in [4.69, 9.17) is 9.84 Å². The van der Waals surface area contributed by atoms with Crippen molar-refractivity contribution < 1.29 is 19.4 Å². The quantitative estimate of drug-likeness (QED) is 0.744. The van der Waals surface area contributed by atoms with E-state index in [0.717, 1.165) is 6.42 Å². The summed E-state index contributed by atoms with van der Waals surface area (Å²) in [6.07, 6.45) is 0.824. The molecule has 0 heterocycles. The Labute approximate surface area is 96.4 Å². The summed E-state index contributed by atoms with van der Waals surface area (Å²) in [4.78, 5) is 23.8. The second-order valence-corrected chi connectivity index (χ2v) is 4.35. The van der Waals surface area contributed by atoms with Crippen LogP contribution in [-0.4, -0.2) is 47.2 Å². The second kappa shape index (κ2) is 5.84. The summed E-state index contributed by atoms with van der Waals surface area (Å²) in [5.41, 5.74) is -1.21. The Morgan fingerprint density at radius 2 is 1.94 bits per heavy atom. The largest absolute Gasteiger partial charge is 0.480 e. The van der Waals surface area contributed by atoms with Crippen molar-refractivity contribution in [3.63, 3.8) is 0 Å². The Balaban J connectivity index is 4.34. The minimum Gasteiger partial charge on any atom is -0.480 e. The van der Waals surface area contributed by atoms with Crippen molar-refractivity contribution in [1.82, 2.24) is 4.90 Å². The first-order valence-corrected chi connectivity index (χ1v) is 5.35. The van der Waals surface area contributed by atoms with E-state index in [9.17, 15) is 9.59 Å². The lowest BCUT2D eigenvalue weighted by Crippen LogP contribution is -2.52. The van der Waals surface area contributed by atoms with E-state index in [-0.39, 0.29) is 18.6 Å². The maximum absolute atomic E-state index is 11.7. The van der Waals surface area contributed by atoms with Crippen LogP contribution in [0.25, 0.3) is 0 Å². The first-order chi connectivity index (χ1) is 7.23. The van der Waals surface area contributed by atoms with Crippen LogP contribution in [0.15, 0.2) is 0 Å². The van der Waals surface area contributed by atoms with E-state index in [1.807, 2.05) is 13.8 Å². The molecular weight excluding hydrogens is 210 g/mol. The normalized spacial score (nSPS) is 13.3. The number of rotatable bonds is 6. The highest BCUT2D eigenvalue weighted by molar-refractivity contribution is 5.86. The number of nitrogens with zero attached hydrogens (tertiary/aromatic N) is 1. The van der Waals surface area contributed by atoms with Gasteiger partial charge in [-0.3, -0.25) is 4.79 Å². The van der Waals surface area contributed by atoms with E-state index in [0.29, 0.717) is 0 Å². The lowest BCUT2D eigenvalue weighted by molar-refractivity contribution is -0.157. The van der Waals surface area contributed by atoms with Gasteiger partial charge in [0.1, 0.15) is 12.1 Å². The summed E-state index contributed by atoms with van der Waals surface area (Å²) < 4.78 is 5.26. The van der Waals surface area contributed by atoms with Gasteiger partial charge >= 0.3 is 5.97 Å². The smallest absolute Gasteiger partial charge is 0.329 e. The van der Waals surface area contributed by atoms with Crippen LogP contribution < -0.4 is 0 Å². The number of hydrogen-bond donors (Lipinski definition) is 1. The van der Waals surface area contributed by atoms with Crippen LogP contribution in [0.2, 0.25) is 0 Å². The maximum atomic E-state index is 11.7. The van der Waals surface area contributed by atoms with Crippen molar-refractivity contribution in [3.05, 3.63) is 0 Å². The number of amides is 1. The molecule has 0 aromatic heterocycles. The minimum atomic E-state index is -1.21.